The lowest BCUT2D eigenvalue weighted by Gasteiger charge is -2.26. The Bertz CT molecular complexity index is 268. The number of amides is 1. The molecule has 1 aliphatic heterocycles. The van der Waals surface area contributed by atoms with Gasteiger partial charge in [0.25, 0.3) is 0 Å². The number of nitrogens with one attached hydrogen (secondary N) is 1. The minimum atomic E-state index is 0.250. The molecule has 106 valence electrons. The van der Waals surface area contributed by atoms with Crippen molar-refractivity contribution in [3.63, 3.8) is 0 Å². The summed E-state index contributed by atoms with van der Waals surface area (Å²) in [5.74, 6) is 1.57. The Hall–Kier alpha value is -0.570. The van der Waals surface area contributed by atoms with E-state index in [1.54, 1.807) is 0 Å². The van der Waals surface area contributed by atoms with Crippen molar-refractivity contribution >= 4 is 5.91 Å². The van der Waals surface area contributed by atoms with Crippen molar-refractivity contribution in [1.29, 1.82) is 0 Å². The third-order valence-electron chi connectivity index (χ3n) is 3.77. The van der Waals surface area contributed by atoms with E-state index in [1.807, 2.05) is 4.90 Å². The van der Waals surface area contributed by atoms with Crippen LogP contribution in [0.4, 0.5) is 0 Å². The van der Waals surface area contributed by atoms with Crippen molar-refractivity contribution in [2.75, 3.05) is 26.2 Å². The van der Waals surface area contributed by atoms with Gasteiger partial charge in [0.05, 0.1) is 0 Å². The standard InChI is InChI=1S/C15H30N2O/c1-12(2)10-16-7-6-8-17-11-13(9-14(17)18)15(3,4)5/h12-13,16H,6-11H2,1-5H3. The molecular formula is C15H30N2O. The molecule has 1 N–H and O–H groups in total. The molecule has 3 heteroatoms. The predicted molar refractivity (Wildman–Crippen MR) is 76.5 cm³/mol. The summed E-state index contributed by atoms with van der Waals surface area (Å²) in [7, 11) is 0. The van der Waals surface area contributed by atoms with Crippen LogP contribution in [-0.2, 0) is 4.79 Å². The van der Waals surface area contributed by atoms with Crippen molar-refractivity contribution < 1.29 is 4.79 Å². The molecule has 1 heterocycles. The van der Waals surface area contributed by atoms with Crippen molar-refractivity contribution in [2.24, 2.45) is 17.3 Å². The molecule has 1 atom stereocenters. The summed E-state index contributed by atoms with van der Waals surface area (Å²) in [6.07, 6.45) is 1.80. The fourth-order valence-electron chi connectivity index (χ4n) is 2.35. The highest BCUT2D eigenvalue weighted by Gasteiger charge is 2.36. The summed E-state index contributed by atoms with van der Waals surface area (Å²) in [5, 5.41) is 3.43. The summed E-state index contributed by atoms with van der Waals surface area (Å²) in [4.78, 5) is 14.0. The highest BCUT2D eigenvalue weighted by atomic mass is 16.2. The first-order valence-corrected chi connectivity index (χ1v) is 7.29. The molecule has 0 spiro atoms. The largest absolute Gasteiger partial charge is 0.342 e. The van der Waals surface area contributed by atoms with E-state index < -0.39 is 0 Å². The first-order chi connectivity index (χ1) is 8.30. The Labute approximate surface area is 112 Å². The topological polar surface area (TPSA) is 32.3 Å². The van der Waals surface area contributed by atoms with Gasteiger partial charge in [0.1, 0.15) is 0 Å². The Morgan fingerprint density at radius 3 is 2.56 bits per heavy atom. The quantitative estimate of drug-likeness (QED) is 0.739. The molecule has 18 heavy (non-hydrogen) atoms. The minimum Gasteiger partial charge on any atom is -0.342 e. The van der Waals surface area contributed by atoms with Gasteiger partial charge in [0, 0.05) is 19.5 Å². The molecule has 1 unspecified atom stereocenters. The molecule has 0 saturated carbocycles. The van der Waals surface area contributed by atoms with Crippen LogP contribution in [0.15, 0.2) is 0 Å². The summed E-state index contributed by atoms with van der Waals surface area (Å²) < 4.78 is 0. The summed E-state index contributed by atoms with van der Waals surface area (Å²) >= 11 is 0. The van der Waals surface area contributed by atoms with Crippen LogP contribution in [0.2, 0.25) is 0 Å². The molecular weight excluding hydrogens is 224 g/mol. The molecule has 0 aromatic heterocycles. The van der Waals surface area contributed by atoms with E-state index in [4.69, 9.17) is 0 Å². The molecule has 0 aromatic rings. The van der Waals surface area contributed by atoms with Gasteiger partial charge in [-0.15, -0.1) is 0 Å². The van der Waals surface area contributed by atoms with Gasteiger partial charge < -0.3 is 10.2 Å². The highest BCUT2D eigenvalue weighted by molar-refractivity contribution is 5.78. The first kappa shape index (κ1) is 15.5. The van der Waals surface area contributed by atoms with E-state index in [2.05, 4.69) is 39.9 Å². The average Bonchev–Trinajstić information content (AvgIpc) is 2.59. The predicted octanol–water partition coefficient (Wildman–Crippen LogP) is 2.52. The van der Waals surface area contributed by atoms with E-state index in [0.717, 1.165) is 39.0 Å². The van der Waals surface area contributed by atoms with Crippen LogP contribution in [0.5, 0.6) is 0 Å². The van der Waals surface area contributed by atoms with Gasteiger partial charge in [0.15, 0.2) is 0 Å². The molecule has 1 rings (SSSR count). The maximum absolute atomic E-state index is 11.9. The Balaban J connectivity index is 2.22. The fourth-order valence-corrected chi connectivity index (χ4v) is 2.35. The number of nitrogens with zero attached hydrogens (tertiary/aromatic N) is 1. The van der Waals surface area contributed by atoms with Crippen LogP contribution >= 0.6 is 0 Å². The van der Waals surface area contributed by atoms with Gasteiger partial charge in [-0.1, -0.05) is 34.6 Å². The summed E-state index contributed by atoms with van der Waals surface area (Å²) in [5.41, 5.74) is 0.250. The second-order valence-corrected chi connectivity index (χ2v) is 7.06. The van der Waals surface area contributed by atoms with Gasteiger partial charge in [-0.2, -0.15) is 0 Å². The number of hydrogen-bond acceptors (Lipinski definition) is 2. The average molecular weight is 254 g/mol. The third-order valence-corrected chi connectivity index (χ3v) is 3.77. The van der Waals surface area contributed by atoms with Crippen LogP contribution in [0, 0.1) is 17.3 Å². The molecule has 1 fully saturated rings. The number of carbonyl (C=O) groups excluding carboxylic acids is 1. The van der Waals surface area contributed by atoms with Gasteiger partial charge in [-0.25, -0.2) is 0 Å². The lowest BCUT2D eigenvalue weighted by atomic mass is 9.80. The summed E-state index contributed by atoms with van der Waals surface area (Å²) in [6.45, 7) is 15.1. The molecule has 0 aliphatic carbocycles. The zero-order valence-electron chi connectivity index (χ0n) is 12.8. The first-order valence-electron chi connectivity index (χ1n) is 7.29. The van der Waals surface area contributed by atoms with Crippen LogP contribution in [0.3, 0.4) is 0 Å². The van der Waals surface area contributed by atoms with Crippen LogP contribution < -0.4 is 5.32 Å². The van der Waals surface area contributed by atoms with E-state index >= 15 is 0 Å². The van der Waals surface area contributed by atoms with Crippen molar-refractivity contribution in [3.05, 3.63) is 0 Å². The Morgan fingerprint density at radius 1 is 1.39 bits per heavy atom. The molecule has 0 bridgehead atoms. The van der Waals surface area contributed by atoms with E-state index in [1.165, 1.54) is 0 Å². The van der Waals surface area contributed by atoms with Crippen LogP contribution in [0.1, 0.15) is 47.5 Å². The van der Waals surface area contributed by atoms with Crippen LogP contribution in [-0.4, -0.2) is 37.0 Å². The Morgan fingerprint density at radius 2 is 2.06 bits per heavy atom. The zero-order chi connectivity index (χ0) is 13.8. The van der Waals surface area contributed by atoms with Gasteiger partial charge in [0.2, 0.25) is 5.91 Å². The second kappa shape index (κ2) is 6.55. The second-order valence-electron chi connectivity index (χ2n) is 7.06. The molecule has 1 aliphatic rings. The summed E-state index contributed by atoms with van der Waals surface area (Å²) in [6, 6.07) is 0. The Kier molecular flexibility index (Phi) is 5.64. The normalized spacial score (nSPS) is 21.1. The maximum atomic E-state index is 11.9. The van der Waals surface area contributed by atoms with Crippen molar-refractivity contribution in [1.82, 2.24) is 10.2 Å². The lowest BCUT2D eigenvalue weighted by Crippen LogP contribution is -2.31. The van der Waals surface area contributed by atoms with E-state index in [-0.39, 0.29) is 5.41 Å². The SMILES string of the molecule is CC(C)CNCCCN1CC(C(C)(C)C)CC1=O. The van der Waals surface area contributed by atoms with E-state index in [0.29, 0.717) is 17.7 Å². The van der Waals surface area contributed by atoms with Gasteiger partial charge >= 0.3 is 0 Å². The van der Waals surface area contributed by atoms with E-state index in [9.17, 15) is 4.79 Å². The number of carbonyl (C=O) groups is 1. The fraction of sp³-hybridized carbons (Fsp3) is 0.933. The number of likely N-dealkylation sites (tertiary alicyclic amines) is 1. The third kappa shape index (κ3) is 4.97. The zero-order valence-corrected chi connectivity index (χ0v) is 12.8. The highest BCUT2D eigenvalue weighted by Crippen LogP contribution is 2.34. The van der Waals surface area contributed by atoms with Gasteiger partial charge in [-0.05, 0) is 36.8 Å². The van der Waals surface area contributed by atoms with Crippen LogP contribution in [0.25, 0.3) is 0 Å². The minimum absolute atomic E-state index is 0.250. The molecule has 3 nitrogen and oxygen atoms in total. The van der Waals surface area contributed by atoms with Gasteiger partial charge in [-0.3, -0.25) is 4.79 Å². The molecule has 0 aromatic carbocycles. The number of hydrogen-bond donors (Lipinski definition) is 1. The smallest absolute Gasteiger partial charge is 0.222 e. The molecule has 1 amide bonds. The number of rotatable bonds is 6. The monoisotopic (exact) mass is 254 g/mol. The molecule has 0 radical (unpaired) electrons. The van der Waals surface area contributed by atoms with Crippen molar-refractivity contribution in [3.8, 4) is 0 Å². The molecule has 1 saturated heterocycles. The van der Waals surface area contributed by atoms with Crippen molar-refractivity contribution in [2.45, 2.75) is 47.5 Å². The maximum Gasteiger partial charge on any atom is 0.222 e. The lowest BCUT2D eigenvalue weighted by molar-refractivity contribution is -0.127.